The van der Waals surface area contributed by atoms with E-state index in [4.69, 9.17) is 56.8 Å². The van der Waals surface area contributed by atoms with Crippen molar-refractivity contribution in [3.63, 3.8) is 0 Å². The number of hydrogen-bond donors (Lipinski definition) is 0. The zero-order valence-corrected chi connectivity index (χ0v) is 26.9. The van der Waals surface area contributed by atoms with Crippen LogP contribution in [0.1, 0.15) is 10.4 Å². The standard InChI is InChI=1S/C32H52O14/c1-2-32(34)46-28-26-44-24-22-42-20-18-40-16-14-38-12-10-36-8-7-35-9-11-37-13-15-39-17-19-41-21-23-43-25-27-45-31-5-3-30(29-33)4-6-31/h2-6,29H,1,7-28H2. The van der Waals surface area contributed by atoms with Crippen LogP contribution in [0.4, 0.5) is 0 Å². The lowest BCUT2D eigenvalue weighted by atomic mass is 10.2. The van der Waals surface area contributed by atoms with E-state index in [0.717, 1.165) is 12.4 Å². The van der Waals surface area contributed by atoms with E-state index in [1.54, 1.807) is 24.3 Å². The number of benzene rings is 1. The Bertz CT molecular complexity index is 824. The molecule has 264 valence electrons. The Kier molecular flexibility index (Phi) is 30.6. The summed E-state index contributed by atoms with van der Waals surface area (Å²) in [6.07, 6.45) is 1.91. The highest BCUT2D eigenvalue weighted by Crippen LogP contribution is 2.10. The number of hydrogen-bond acceptors (Lipinski definition) is 14. The van der Waals surface area contributed by atoms with Crippen LogP contribution in [0.15, 0.2) is 36.9 Å². The summed E-state index contributed by atoms with van der Waals surface area (Å²) in [4.78, 5) is 21.5. The summed E-state index contributed by atoms with van der Waals surface area (Å²) >= 11 is 0. The topological polar surface area (TPSA) is 145 Å². The minimum absolute atomic E-state index is 0.194. The first-order valence-corrected chi connectivity index (χ1v) is 15.5. The predicted octanol–water partition coefficient (Wildman–Crippen LogP) is 1.77. The van der Waals surface area contributed by atoms with E-state index < -0.39 is 5.97 Å². The van der Waals surface area contributed by atoms with E-state index in [-0.39, 0.29) is 6.61 Å². The molecule has 0 amide bonds. The lowest BCUT2D eigenvalue weighted by molar-refractivity contribution is -0.139. The van der Waals surface area contributed by atoms with Gasteiger partial charge in [-0.2, -0.15) is 0 Å². The number of carbonyl (C=O) groups excluding carboxylic acids is 2. The zero-order valence-electron chi connectivity index (χ0n) is 26.9. The molecule has 14 heteroatoms. The summed E-state index contributed by atoms with van der Waals surface area (Å²) in [6, 6.07) is 6.92. The Labute approximate surface area is 272 Å². The molecule has 0 atom stereocenters. The van der Waals surface area contributed by atoms with Crippen LogP contribution in [-0.4, -0.2) is 158 Å². The number of ether oxygens (including phenoxy) is 12. The molecule has 0 saturated carbocycles. The Morgan fingerprint density at radius 1 is 0.457 bits per heavy atom. The van der Waals surface area contributed by atoms with Crippen LogP contribution in [0.3, 0.4) is 0 Å². The first-order chi connectivity index (χ1) is 22.8. The third-order valence-electron chi connectivity index (χ3n) is 5.50. The van der Waals surface area contributed by atoms with Gasteiger partial charge >= 0.3 is 5.97 Å². The van der Waals surface area contributed by atoms with Gasteiger partial charge in [-0.3, -0.25) is 4.79 Å². The van der Waals surface area contributed by atoms with E-state index in [9.17, 15) is 9.59 Å². The average Bonchev–Trinajstić information content (AvgIpc) is 3.08. The fourth-order valence-corrected chi connectivity index (χ4v) is 3.20. The molecule has 0 saturated heterocycles. The Balaban J connectivity index is 1.64. The summed E-state index contributed by atoms with van der Waals surface area (Å²) in [5.74, 6) is 0.237. The van der Waals surface area contributed by atoms with Gasteiger partial charge in [0.15, 0.2) is 0 Å². The average molecular weight is 661 g/mol. The lowest BCUT2D eigenvalue weighted by Crippen LogP contribution is -2.15. The van der Waals surface area contributed by atoms with Gasteiger partial charge in [-0.1, -0.05) is 6.58 Å². The molecule has 0 aliphatic rings. The zero-order chi connectivity index (χ0) is 33.0. The van der Waals surface area contributed by atoms with Crippen molar-refractivity contribution in [3.05, 3.63) is 42.5 Å². The molecule has 0 aliphatic heterocycles. The molecule has 0 aromatic heterocycles. The molecule has 0 bridgehead atoms. The van der Waals surface area contributed by atoms with Crippen LogP contribution in [-0.2, 0) is 56.9 Å². The van der Waals surface area contributed by atoms with Gasteiger partial charge in [-0.05, 0) is 24.3 Å². The summed E-state index contributed by atoms with van der Waals surface area (Å²) in [6.45, 7) is 13.3. The minimum atomic E-state index is -0.462. The van der Waals surface area contributed by atoms with Gasteiger partial charge < -0.3 is 56.8 Å². The summed E-state index contributed by atoms with van der Waals surface area (Å²) in [5, 5.41) is 0. The molecule has 14 nitrogen and oxygen atoms in total. The number of carbonyl (C=O) groups is 2. The highest BCUT2D eigenvalue weighted by atomic mass is 16.6. The quantitative estimate of drug-likeness (QED) is 0.0446. The third kappa shape index (κ3) is 28.9. The van der Waals surface area contributed by atoms with Gasteiger partial charge in [0.05, 0.1) is 132 Å². The van der Waals surface area contributed by atoms with Crippen molar-refractivity contribution in [2.45, 2.75) is 0 Å². The van der Waals surface area contributed by atoms with Gasteiger partial charge in [0.1, 0.15) is 25.2 Å². The van der Waals surface area contributed by atoms with Crippen molar-refractivity contribution >= 4 is 12.3 Å². The third-order valence-corrected chi connectivity index (χ3v) is 5.50. The van der Waals surface area contributed by atoms with Crippen LogP contribution in [0.25, 0.3) is 0 Å². The number of rotatable bonds is 36. The predicted molar refractivity (Wildman–Crippen MR) is 167 cm³/mol. The van der Waals surface area contributed by atoms with Crippen LogP contribution in [0, 0.1) is 0 Å². The molecule has 0 radical (unpaired) electrons. The summed E-state index contributed by atoms with van der Waals surface area (Å²) in [5.41, 5.74) is 0.614. The van der Waals surface area contributed by atoms with Gasteiger partial charge in [0.25, 0.3) is 0 Å². The Hall–Kier alpha value is -2.50. The molecular formula is C32H52O14. The Morgan fingerprint density at radius 2 is 0.739 bits per heavy atom. The summed E-state index contributed by atoms with van der Waals surface area (Å²) in [7, 11) is 0. The van der Waals surface area contributed by atoms with Crippen molar-refractivity contribution in [2.75, 3.05) is 145 Å². The monoisotopic (exact) mass is 660 g/mol. The van der Waals surface area contributed by atoms with E-state index in [1.165, 1.54) is 0 Å². The SMILES string of the molecule is C=CC(=O)OCCOCCOCCOCCOCCOCCOCCOCCOCCOCCOCCOc1ccc(C=O)cc1. The molecule has 1 aromatic carbocycles. The van der Waals surface area contributed by atoms with Crippen LogP contribution in [0.2, 0.25) is 0 Å². The van der Waals surface area contributed by atoms with Crippen LogP contribution in [0.5, 0.6) is 5.75 Å². The smallest absolute Gasteiger partial charge is 0.330 e. The molecule has 0 fully saturated rings. The maximum atomic E-state index is 10.8. The maximum absolute atomic E-state index is 10.8. The van der Waals surface area contributed by atoms with Gasteiger partial charge in [-0.15, -0.1) is 0 Å². The van der Waals surface area contributed by atoms with Crippen molar-refractivity contribution in [1.29, 1.82) is 0 Å². The molecule has 1 rings (SSSR count). The second kappa shape index (κ2) is 33.9. The molecule has 0 heterocycles. The highest BCUT2D eigenvalue weighted by molar-refractivity contribution is 5.81. The molecule has 0 unspecified atom stereocenters. The van der Waals surface area contributed by atoms with E-state index in [0.29, 0.717) is 150 Å². The molecule has 0 aliphatic carbocycles. The van der Waals surface area contributed by atoms with E-state index in [2.05, 4.69) is 6.58 Å². The maximum Gasteiger partial charge on any atom is 0.330 e. The molecule has 46 heavy (non-hydrogen) atoms. The van der Waals surface area contributed by atoms with Gasteiger partial charge in [-0.25, -0.2) is 4.79 Å². The second-order valence-electron chi connectivity index (χ2n) is 9.03. The molecule has 0 spiro atoms. The lowest BCUT2D eigenvalue weighted by Gasteiger charge is -2.09. The molecular weight excluding hydrogens is 608 g/mol. The first kappa shape index (κ1) is 41.5. The van der Waals surface area contributed by atoms with Crippen LogP contribution >= 0.6 is 0 Å². The minimum Gasteiger partial charge on any atom is -0.491 e. The number of aldehydes is 1. The fourth-order valence-electron chi connectivity index (χ4n) is 3.20. The van der Waals surface area contributed by atoms with Crippen molar-refractivity contribution in [2.24, 2.45) is 0 Å². The summed E-state index contributed by atoms with van der Waals surface area (Å²) < 4.78 is 64.6. The van der Waals surface area contributed by atoms with Crippen molar-refractivity contribution in [1.82, 2.24) is 0 Å². The Morgan fingerprint density at radius 3 is 1.02 bits per heavy atom. The van der Waals surface area contributed by atoms with Gasteiger partial charge in [0.2, 0.25) is 0 Å². The fraction of sp³-hybridized carbons (Fsp3) is 0.688. The van der Waals surface area contributed by atoms with Crippen molar-refractivity contribution in [3.8, 4) is 5.75 Å². The van der Waals surface area contributed by atoms with Crippen molar-refractivity contribution < 1.29 is 66.4 Å². The van der Waals surface area contributed by atoms with E-state index >= 15 is 0 Å². The highest BCUT2D eigenvalue weighted by Gasteiger charge is 1.98. The molecule has 0 N–H and O–H groups in total. The normalized spacial score (nSPS) is 11.0. The largest absolute Gasteiger partial charge is 0.491 e. The second-order valence-corrected chi connectivity index (χ2v) is 9.03. The molecule has 1 aromatic rings. The number of esters is 1. The van der Waals surface area contributed by atoms with Crippen LogP contribution < -0.4 is 4.74 Å². The van der Waals surface area contributed by atoms with E-state index in [1.807, 2.05) is 0 Å². The van der Waals surface area contributed by atoms with Gasteiger partial charge in [0, 0.05) is 11.6 Å². The first-order valence-electron chi connectivity index (χ1n) is 15.5.